The van der Waals surface area contributed by atoms with Gasteiger partial charge in [0.2, 0.25) is 15.9 Å². The van der Waals surface area contributed by atoms with Gasteiger partial charge in [-0.3, -0.25) is 4.79 Å². The molecule has 0 radical (unpaired) electrons. The second-order valence-corrected chi connectivity index (χ2v) is 11.3. The topological polar surface area (TPSA) is 79.4 Å². The third kappa shape index (κ3) is 6.07. The van der Waals surface area contributed by atoms with Crippen molar-refractivity contribution in [1.29, 1.82) is 0 Å². The summed E-state index contributed by atoms with van der Waals surface area (Å²) in [5.41, 5.74) is 2.63. The van der Waals surface area contributed by atoms with E-state index < -0.39 is 10.0 Å². The number of hydrogen-bond donors (Lipinski definition) is 1. The van der Waals surface area contributed by atoms with Crippen molar-refractivity contribution < 1.29 is 13.2 Å². The molecule has 174 valence electrons. The molecule has 2 aromatic carbocycles. The summed E-state index contributed by atoms with van der Waals surface area (Å²) >= 11 is 1.55. The number of carbonyl (C=O) groups is 1. The number of thiazole rings is 1. The zero-order valence-electron chi connectivity index (χ0n) is 18.7. The van der Waals surface area contributed by atoms with Crippen LogP contribution in [-0.4, -0.2) is 36.7 Å². The molecule has 1 aliphatic heterocycles. The molecule has 1 amide bonds. The number of nitrogens with zero attached hydrogens (tertiary/aromatic N) is 2. The van der Waals surface area contributed by atoms with Gasteiger partial charge in [-0.05, 0) is 61.4 Å². The van der Waals surface area contributed by atoms with Gasteiger partial charge in [0, 0.05) is 24.2 Å². The van der Waals surface area contributed by atoms with Crippen LogP contribution < -0.4 is 5.32 Å². The number of aryl methyl sites for hydroxylation is 1. The van der Waals surface area contributed by atoms with E-state index in [2.05, 4.69) is 22.4 Å². The summed E-state index contributed by atoms with van der Waals surface area (Å²) in [6.45, 7) is 3.10. The Morgan fingerprint density at radius 2 is 1.79 bits per heavy atom. The van der Waals surface area contributed by atoms with E-state index in [0.717, 1.165) is 36.4 Å². The van der Waals surface area contributed by atoms with Crippen LogP contribution in [0.2, 0.25) is 0 Å². The van der Waals surface area contributed by atoms with Gasteiger partial charge in [0.15, 0.2) is 0 Å². The van der Waals surface area contributed by atoms with E-state index in [9.17, 15) is 13.2 Å². The summed E-state index contributed by atoms with van der Waals surface area (Å²) in [5.74, 6) is 0.335. The average molecular weight is 484 g/mol. The van der Waals surface area contributed by atoms with Crippen molar-refractivity contribution in [3.05, 3.63) is 76.2 Å². The summed E-state index contributed by atoms with van der Waals surface area (Å²) in [6, 6.07) is 16.8. The molecule has 3 aromatic rings. The van der Waals surface area contributed by atoms with E-state index >= 15 is 0 Å². The molecule has 1 aromatic heterocycles. The van der Waals surface area contributed by atoms with Gasteiger partial charge in [-0.1, -0.05) is 37.3 Å². The first kappa shape index (κ1) is 23.6. The molecule has 1 aliphatic rings. The third-order valence-corrected chi connectivity index (χ3v) is 8.91. The molecular formula is C25H29N3O3S2. The van der Waals surface area contributed by atoms with Gasteiger partial charge < -0.3 is 5.32 Å². The fraction of sp³-hybridized carbons (Fsp3) is 0.360. The number of amides is 1. The van der Waals surface area contributed by atoms with Crippen LogP contribution in [0.5, 0.6) is 0 Å². The lowest BCUT2D eigenvalue weighted by atomic mass is 9.91. The molecule has 0 unspecified atom stereocenters. The first-order chi connectivity index (χ1) is 15.9. The smallest absolute Gasteiger partial charge is 0.243 e. The highest BCUT2D eigenvalue weighted by Gasteiger charge is 2.29. The molecule has 1 fully saturated rings. The van der Waals surface area contributed by atoms with E-state index in [4.69, 9.17) is 0 Å². The third-order valence-electron chi connectivity index (χ3n) is 5.96. The minimum Gasteiger partial charge on any atom is -0.326 e. The average Bonchev–Trinajstić information content (AvgIpc) is 3.28. The van der Waals surface area contributed by atoms with Gasteiger partial charge in [0.05, 0.1) is 22.0 Å². The standard InChI is InChI=1S/C25H29N3O3S2/c1-2-25-27-22(18-32-25)17-24(29)26-21-8-10-23(11-9-21)33(30,31)28-14-12-20(13-15-28)16-19-6-4-3-5-7-19/h3-11,18,20H,2,12-17H2,1H3,(H,26,29). The maximum Gasteiger partial charge on any atom is 0.243 e. The maximum absolute atomic E-state index is 13.1. The van der Waals surface area contributed by atoms with E-state index in [0.29, 0.717) is 24.7 Å². The second-order valence-electron chi connectivity index (χ2n) is 8.37. The number of anilines is 1. The number of carbonyl (C=O) groups excluding carboxylic acids is 1. The number of sulfonamides is 1. The minimum atomic E-state index is -3.54. The van der Waals surface area contributed by atoms with Crippen molar-refractivity contribution in [3.63, 3.8) is 0 Å². The van der Waals surface area contributed by atoms with Crippen molar-refractivity contribution in [2.24, 2.45) is 5.92 Å². The van der Waals surface area contributed by atoms with Crippen molar-refractivity contribution in [1.82, 2.24) is 9.29 Å². The maximum atomic E-state index is 13.1. The summed E-state index contributed by atoms with van der Waals surface area (Å²) in [5, 5.41) is 5.73. The van der Waals surface area contributed by atoms with Crippen molar-refractivity contribution in [2.45, 2.75) is 43.9 Å². The molecule has 2 heterocycles. The molecular weight excluding hydrogens is 454 g/mol. The normalized spacial score (nSPS) is 15.4. The Balaban J connectivity index is 1.31. The van der Waals surface area contributed by atoms with Crippen LogP contribution in [0, 0.1) is 5.92 Å². The Kier molecular flexibility index (Phi) is 7.57. The first-order valence-corrected chi connectivity index (χ1v) is 13.6. The van der Waals surface area contributed by atoms with Crippen molar-refractivity contribution in [3.8, 4) is 0 Å². The molecule has 0 atom stereocenters. The Labute approximate surface area is 199 Å². The molecule has 0 aliphatic carbocycles. The molecule has 1 saturated heterocycles. The largest absolute Gasteiger partial charge is 0.326 e. The summed E-state index contributed by atoms with van der Waals surface area (Å²) in [7, 11) is -3.54. The Bertz CT molecular complexity index is 1170. The lowest BCUT2D eigenvalue weighted by Crippen LogP contribution is -2.38. The minimum absolute atomic E-state index is 0.168. The zero-order valence-corrected chi connectivity index (χ0v) is 20.4. The number of nitrogens with one attached hydrogen (secondary N) is 1. The lowest BCUT2D eigenvalue weighted by molar-refractivity contribution is -0.115. The van der Waals surface area contributed by atoms with Crippen LogP contribution in [0.15, 0.2) is 64.9 Å². The fourth-order valence-corrected chi connectivity index (χ4v) is 6.34. The van der Waals surface area contributed by atoms with Crippen LogP contribution in [-0.2, 0) is 34.1 Å². The number of piperidine rings is 1. The van der Waals surface area contributed by atoms with E-state index in [1.165, 1.54) is 5.56 Å². The Morgan fingerprint density at radius 3 is 2.42 bits per heavy atom. The van der Waals surface area contributed by atoms with Gasteiger partial charge in [0.1, 0.15) is 0 Å². The molecule has 8 heteroatoms. The van der Waals surface area contributed by atoms with Crippen LogP contribution >= 0.6 is 11.3 Å². The fourth-order valence-electron chi connectivity index (χ4n) is 4.12. The van der Waals surface area contributed by atoms with Gasteiger partial charge >= 0.3 is 0 Å². The summed E-state index contributed by atoms with van der Waals surface area (Å²) in [6.07, 6.45) is 3.77. The van der Waals surface area contributed by atoms with Crippen LogP contribution in [0.4, 0.5) is 5.69 Å². The Morgan fingerprint density at radius 1 is 1.09 bits per heavy atom. The Hall–Kier alpha value is -2.55. The van der Waals surface area contributed by atoms with Gasteiger partial charge in [-0.2, -0.15) is 4.31 Å². The quantitative estimate of drug-likeness (QED) is 0.511. The number of benzene rings is 2. The molecule has 0 saturated carbocycles. The van der Waals surface area contributed by atoms with Crippen molar-refractivity contribution in [2.75, 3.05) is 18.4 Å². The lowest BCUT2D eigenvalue weighted by Gasteiger charge is -2.31. The molecule has 4 rings (SSSR count). The number of rotatable bonds is 8. The van der Waals surface area contributed by atoms with Gasteiger partial charge in [0.25, 0.3) is 0 Å². The number of aromatic nitrogens is 1. The van der Waals surface area contributed by atoms with Gasteiger partial charge in [-0.15, -0.1) is 11.3 Å². The summed E-state index contributed by atoms with van der Waals surface area (Å²) in [4.78, 5) is 17.0. The van der Waals surface area contributed by atoms with Crippen LogP contribution in [0.25, 0.3) is 0 Å². The predicted molar refractivity (Wildman–Crippen MR) is 132 cm³/mol. The van der Waals surface area contributed by atoms with Crippen LogP contribution in [0.3, 0.4) is 0 Å². The molecule has 0 bridgehead atoms. The highest BCUT2D eigenvalue weighted by Crippen LogP contribution is 2.27. The summed E-state index contributed by atoms with van der Waals surface area (Å²) < 4.78 is 27.8. The van der Waals surface area contributed by atoms with E-state index in [-0.39, 0.29) is 17.2 Å². The second kappa shape index (κ2) is 10.6. The molecule has 33 heavy (non-hydrogen) atoms. The van der Waals surface area contributed by atoms with Gasteiger partial charge in [-0.25, -0.2) is 13.4 Å². The first-order valence-electron chi connectivity index (χ1n) is 11.3. The molecule has 1 N–H and O–H groups in total. The van der Waals surface area contributed by atoms with E-state index in [1.54, 1.807) is 39.9 Å². The predicted octanol–water partition coefficient (Wildman–Crippen LogP) is 4.53. The zero-order chi connectivity index (χ0) is 23.3. The SMILES string of the molecule is CCc1nc(CC(=O)Nc2ccc(S(=O)(=O)N3CCC(Cc4ccccc4)CC3)cc2)cs1. The van der Waals surface area contributed by atoms with E-state index in [1.807, 2.05) is 30.5 Å². The molecule has 0 spiro atoms. The highest BCUT2D eigenvalue weighted by atomic mass is 32.2. The van der Waals surface area contributed by atoms with Crippen LogP contribution in [0.1, 0.15) is 36.0 Å². The number of hydrogen-bond acceptors (Lipinski definition) is 5. The highest BCUT2D eigenvalue weighted by molar-refractivity contribution is 7.89. The monoisotopic (exact) mass is 483 g/mol. The molecule has 6 nitrogen and oxygen atoms in total. The van der Waals surface area contributed by atoms with Crippen molar-refractivity contribution >= 4 is 33.0 Å².